The number of carbonyl (C=O) groups excluding carboxylic acids is 1. The van der Waals surface area contributed by atoms with Gasteiger partial charge in [0.15, 0.2) is 17.7 Å². The van der Waals surface area contributed by atoms with Crippen molar-refractivity contribution in [1.29, 1.82) is 0 Å². The highest BCUT2D eigenvalue weighted by molar-refractivity contribution is 5.94. The van der Waals surface area contributed by atoms with E-state index in [9.17, 15) is 20.1 Å². The average Bonchev–Trinajstić information content (AvgIpc) is 3.57. The minimum absolute atomic E-state index is 0.0466. The van der Waals surface area contributed by atoms with E-state index in [2.05, 4.69) is 15.0 Å². The normalized spacial score (nSPS) is 28.7. The highest BCUT2D eigenvalue weighted by atomic mass is 16.6. The Morgan fingerprint density at radius 3 is 2.66 bits per heavy atom. The van der Waals surface area contributed by atoms with Crippen LogP contribution in [-0.2, 0) is 22.5 Å². The summed E-state index contributed by atoms with van der Waals surface area (Å²) in [5.74, 6) is 0.328. The summed E-state index contributed by atoms with van der Waals surface area (Å²) in [6.45, 7) is 1.64. The second kappa shape index (κ2) is 10.1. The third kappa shape index (κ3) is 4.72. The maximum absolute atomic E-state index is 11.5. The number of rotatable bonds is 8. The molecule has 1 aromatic carbocycles. The Kier molecular flexibility index (Phi) is 6.90. The number of hydrogen-bond acceptors (Lipinski definition) is 9. The molecule has 6 atom stereocenters. The zero-order chi connectivity index (χ0) is 24.5. The van der Waals surface area contributed by atoms with E-state index in [4.69, 9.17) is 9.47 Å². The standard InChI is InChI=1S/C25H30N4O6/c1-14(31)16-7-5-15(6-8-16)11-34-19-4-2-3-17(19)9-18-21-24(27-12-26-18)29(13-28-21)25-23(33)22(32)20(10-30)35-25/h5-8,12-13,17,19-20,22-23,25,30,32-33H,2-4,9-11H2,1H3/t17?,19-,20-,22-,23-,25-/m1/s1. The van der Waals surface area contributed by atoms with Gasteiger partial charge in [-0.3, -0.25) is 9.36 Å². The van der Waals surface area contributed by atoms with Crippen molar-refractivity contribution in [2.75, 3.05) is 6.61 Å². The van der Waals surface area contributed by atoms with Gasteiger partial charge in [0.1, 0.15) is 30.2 Å². The van der Waals surface area contributed by atoms with Gasteiger partial charge in [0.05, 0.1) is 31.3 Å². The van der Waals surface area contributed by atoms with Gasteiger partial charge < -0.3 is 24.8 Å². The Morgan fingerprint density at radius 1 is 1.14 bits per heavy atom. The second-order valence-electron chi connectivity index (χ2n) is 9.37. The number of aliphatic hydroxyl groups excluding tert-OH is 3. The number of ether oxygens (including phenoxy) is 2. The smallest absolute Gasteiger partial charge is 0.165 e. The predicted molar refractivity (Wildman–Crippen MR) is 124 cm³/mol. The summed E-state index contributed by atoms with van der Waals surface area (Å²) in [4.78, 5) is 24.8. The molecule has 1 saturated heterocycles. The quantitative estimate of drug-likeness (QED) is 0.408. The molecule has 3 N–H and O–H groups in total. The molecule has 1 aliphatic heterocycles. The molecule has 3 aromatic rings. The van der Waals surface area contributed by atoms with Crippen LogP contribution in [0.3, 0.4) is 0 Å². The zero-order valence-electron chi connectivity index (χ0n) is 19.5. The number of fused-ring (bicyclic) bond motifs is 1. The van der Waals surface area contributed by atoms with Gasteiger partial charge in [0.2, 0.25) is 0 Å². The minimum atomic E-state index is -1.21. The van der Waals surface area contributed by atoms with Crippen LogP contribution in [0.25, 0.3) is 11.2 Å². The van der Waals surface area contributed by atoms with Crippen molar-refractivity contribution in [3.63, 3.8) is 0 Å². The molecule has 2 aliphatic rings. The molecular weight excluding hydrogens is 452 g/mol. The highest BCUT2D eigenvalue weighted by Crippen LogP contribution is 2.34. The molecule has 10 nitrogen and oxygen atoms in total. The summed E-state index contributed by atoms with van der Waals surface area (Å²) in [6, 6.07) is 7.51. The Hall–Kier alpha value is -2.76. The van der Waals surface area contributed by atoms with E-state index in [1.807, 2.05) is 24.3 Å². The monoisotopic (exact) mass is 482 g/mol. The highest BCUT2D eigenvalue weighted by Gasteiger charge is 2.44. The van der Waals surface area contributed by atoms with Gasteiger partial charge in [-0.05, 0) is 37.7 Å². The van der Waals surface area contributed by atoms with Gasteiger partial charge in [0, 0.05) is 5.56 Å². The summed E-state index contributed by atoms with van der Waals surface area (Å²) in [5, 5.41) is 29.9. The predicted octanol–water partition coefficient (Wildman–Crippen LogP) is 1.57. The maximum atomic E-state index is 11.5. The van der Waals surface area contributed by atoms with Crippen molar-refractivity contribution in [2.24, 2.45) is 5.92 Å². The molecule has 0 amide bonds. The minimum Gasteiger partial charge on any atom is -0.394 e. The number of aliphatic hydroxyl groups is 3. The fourth-order valence-corrected chi connectivity index (χ4v) is 5.09. The first-order chi connectivity index (χ1) is 17.0. The van der Waals surface area contributed by atoms with Crippen LogP contribution in [0.5, 0.6) is 0 Å². The lowest BCUT2D eigenvalue weighted by Gasteiger charge is -2.20. The zero-order valence-corrected chi connectivity index (χ0v) is 19.5. The lowest BCUT2D eigenvalue weighted by atomic mass is 9.98. The van der Waals surface area contributed by atoms with E-state index in [1.165, 1.54) is 12.7 Å². The first kappa shape index (κ1) is 24.0. The number of Topliss-reactive ketones (excluding diaryl/α,β-unsaturated/α-hetero) is 1. The number of ketones is 1. The van der Waals surface area contributed by atoms with Crippen molar-refractivity contribution in [3.05, 3.63) is 53.7 Å². The van der Waals surface area contributed by atoms with Crippen LogP contribution in [0, 0.1) is 5.92 Å². The second-order valence-corrected chi connectivity index (χ2v) is 9.37. The summed E-state index contributed by atoms with van der Waals surface area (Å²) in [7, 11) is 0. The van der Waals surface area contributed by atoms with Crippen molar-refractivity contribution < 1.29 is 29.6 Å². The molecule has 35 heavy (non-hydrogen) atoms. The Bertz CT molecular complexity index is 1180. The molecule has 3 heterocycles. The number of benzene rings is 1. The van der Waals surface area contributed by atoms with E-state index in [1.54, 1.807) is 11.5 Å². The third-order valence-corrected chi connectivity index (χ3v) is 7.10. The fraction of sp³-hybridized carbons (Fsp3) is 0.520. The fourth-order valence-electron chi connectivity index (χ4n) is 5.09. The topological polar surface area (TPSA) is 140 Å². The number of nitrogens with zero attached hydrogens (tertiary/aromatic N) is 4. The largest absolute Gasteiger partial charge is 0.394 e. The number of carbonyl (C=O) groups is 1. The van der Waals surface area contributed by atoms with Crippen LogP contribution in [0.1, 0.15) is 54.0 Å². The van der Waals surface area contributed by atoms with Crippen molar-refractivity contribution in [1.82, 2.24) is 19.5 Å². The molecule has 2 fully saturated rings. The van der Waals surface area contributed by atoms with E-state index < -0.39 is 31.1 Å². The molecule has 0 radical (unpaired) electrons. The van der Waals surface area contributed by atoms with Crippen LogP contribution in [-0.4, -0.2) is 71.6 Å². The van der Waals surface area contributed by atoms with Crippen LogP contribution < -0.4 is 0 Å². The molecule has 10 heteroatoms. The van der Waals surface area contributed by atoms with Crippen molar-refractivity contribution in [2.45, 2.75) is 69.9 Å². The lowest BCUT2D eigenvalue weighted by molar-refractivity contribution is -0.0511. The van der Waals surface area contributed by atoms with Gasteiger partial charge >= 0.3 is 0 Å². The van der Waals surface area contributed by atoms with Crippen LogP contribution >= 0.6 is 0 Å². The summed E-state index contributed by atoms with van der Waals surface area (Å²) in [5.41, 5.74) is 3.65. The Balaban J connectivity index is 1.29. The van der Waals surface area contributed by atoms with Crippen LogP contribution in [0.4, 0.5) is 0 Å². The van der Waals surface area contributed by atoms with Crippen LogP contribution in [0.15, 0.2) is 36.9 Å². The molecule has 0 bridgehead atoms. The number of imidazole rings is 1. The van der Waals surface area contributed by atoms with Crippen molar-refractivity contribution in [3.8, 4) is 0 Å². The molecule has 1 aliphatic carbocycles. The van der Waals surface area contributed by atoms with Gasteiger partial charge in [0.25, 0.3) is 0 Å². The number of hydrogen-bond donors (Lipinski definition) is 3. The average molecular weight is 483 g/mol. The molecule has 1 unspecified atom stereocenters. The molecule has 1 saturated carbocycles. The molecule has 2 aromatic heterocycles. The SMILES string of the molecule is CC(=O)c1ccc(CO[C@@H]2CCCC2Cc2ncnc3c2ncn3[C@@H]2O[C@H](CO)[C@@H](O)[C@H]2O)cc1. The lowest BCUT2D eigenvalue weighted by Crippen LogP contribution is -2.33. The summed E-state index contributed by atoms with van der Waals surface area (Å²) >= 11 is 0. The van der Waals surface area contributed by atoms with E-state index in [0.717, 1.165) is 30.5 Å². The van der Waals surface area contributed by atoms with Gasteiger partial charge in [-0.25, -0.2) is 15.0 Å². The summed E-state index contributed by atoms with van der Waals surface area (Å²) in [6.07, 6.45) is 2.67. The Labute approximate surface area is 202 Å². The molecule has 186 valence electrons. The molecule has 5 rings (SSSR count). The van der Waals surface area contributed by atoms with Crippen molar-refractivity contribution >= 4 is 16.9 Å². The van der Waals surface area contributed by atoms with Gasteiger partial charge in [-0.15, -0.1) is 0 Å². The maximum Gasteiger partial charge on any atom is 0.165 e. The van der Waals surface area contributed by atoms with Gasteiger partial charge in [-0.2, -0.15) is 0 Å². The van der Waals surface area contributed by atoms with Gasteiger partial charge in [-0.1, -0.05) is 30.7 Å². The van der Waals surface area contributed by atoms with Crippen LogP contribution in [0.2, 0.25) is 0 Å². The Morgan fingerprint density at radius 2 is 1.94 bits per heavy atom. The van der Waals surface area contributed by atoms with E-state index >= 15 is 0 Å². The first-order valence-electron chi connectivity index (χ1n) is 12.0. The van der Waals surface area contributed by atoms with E-state index in [0.29, 0.717) is 29.8 Å². The third-order valence-electron chi connectivity index (χ3n) is 7.10. The summed E-state index contributed by atoms with van der Waals surface area (Å²) < 4.78 is 13.5. The molecular formula is C25H30N4O6. The molecule has 0 spiro atoms. The van der Waals surface area contributed by atoms with E-state index in [-0.39, 0.29) is 17.8 Å². The first-order valence-corrected chi connectivity index (χ1v) is 12.0. The number of aromatic nitrogens is 4.